The Morgan fingerprint density at radius 3 is 2.00 bits per heavy atom. The SMILES string of the molecule is Clc1cccc(N(c2ccccc2)N(Cl)Cl)c1. The Morgan fingerprint density at radius 2 is 1.41 bits per heavy atom. The van der Waals surface area contributed by atoms with E-state index in [2.05, 4.69) is 0 Å². The Labute approximate surface area is 115 Å². The number of halogens is 3. The monoisotopic (exact) mass is 286 g/mol. The van der Waals surface area contributed by atoms with Gasteiger partial charge in [-0.15, -0.1) is 0 Å². The molecule has 0 heterocycles. The van der Waals surface area contributed by atoms with Crippen molar-refractivity contribution in [3.8, 4) is 0 Å². The minimum absolute atomic E-state index is 0.624. The van der Waals surface area contributed by atoms with E-state index in [0.717, 1.165) is 15.4 Å². The second kappa shape index (κ2) is 5.61. The highest BCUT2D eigenvalue weighted by atomic mass is 35.5. The molecule has 0 aromatic heterocycles. The second-order valence-corrected chi connectivity index (χ2v) is 4.59. The van der Waals surface area contributed by atoms with Crippen LogP contribution >= 0.6 is 35.2 Å². The van der Waals surface area contributed by atoms with Crippen LogP contribution in [-0.2, 0) is 0 Å². The first kappa shape index (κ1) is 12.5. The van der Waals surface area contributed by atoms with Crippen molar-refractivity contribution in [3.63, 3.8) is 0 Å². The number of rotatable bonds is 3. The molecular weight excluding hydrogens is 279 g/mol. The van der Waals surface area contributed by atoms with Gasteiger partial charge in [-0.3, -0.25) is 0 Å². The average Bonchev–Trinajstić information content (AvgIpc) is 2.30. The zero-order chi connectivity index (χ0) is 12.3. The Balaban J connectivity index is 2.43. The molecule has 2 aromatic rings. The highest BCUT2D eigenvalue weighted by molar-refractivity contribution is 6.35. The van der Waals surface area contributed by atoms with Gasteiger partial charge in [-0.25, -0.2) is 5.01 Å². The molecule has 2 nitrogen and oxygen atoms in total. The third-order valence-corrected chi connectivity index (χ3v) is 2.74. The van der Waals surface area contributed by atoms with E-state index in [1.165, 1.54) is 0 Å². The molecule has 0 aliphatic rings. The highest BCUT2D eigenvalue weighted by Crippen LogP contribution is 2.30. The second-order valence-electron chi connectivity index (χ2n) is 3.34. The van der Waals surface area contributed by atoms with Gasteiger partial charge < -0.3 is 0 Å². The molecule has 0 atom stereocenters. The van der Waals surface area contributed by atoms with Crippen LogP contribution in [-0.4, -0.2) is 4.05 Å². The molecule has 2 rings (SSSR count). The summed E-state index contributed by atoms with van der Waals surface area (Å²) < 4.78 is 0.973. The van der Waals surface area contributed by atoms with E-state index >= 15 is 0 Å². The zero-order valence-corrected chi connectivity index (χ0v) is 11.0. The van der Waals surface area contributed by atoms with Crippen molar-refractivity contribution in [2.45, 2.75) is 0 Å². The summed E-state index contributed by atoms with van der Waals surface area (Å²) in [5.41, 5.74) is 1.63. The summed E-state index contributed by atoms with van der Waals surface area (Å²) in [4.78, 5) is 0. The minimum Gasteiger partial charge on any atom is -0.246 e. The number of hydrogen-bond acceptors (Lipinski definition) is 2. The van der Waals surface area contributed by atoms with Crippen LogP contribution in [0.3, 0.4) is 0 Å². The Bertz CT molecular complexity index is 488. The lowest BCUT2D eigenvalue weighted by Gasteiger charge is -2.26. The molecule has 88 valence electrons. The first-order chi connectivity index (χ1) is 8.18. The maximum atomic E-state index is 5.95. The van der Waals surface area contributed by atoms with Crippen molar-refractivity contribution in [1.82, 2.24) is 4.05 Å². The average molecular weight is 288 g/mol. The Kier molecular flexibility index (Phi) is 4.13. The van der Waals surface area contributed by atoms with E-state index in [1.54, 1.807) is 17.1 Å². The van der Waals surface area contributed by atoms with Gasteiger partial charge >= 0.3 is 0 Å². The molecule has 0 unspecified atom stereocenters. The molecule has 17 heavy (non-hydrogen) atoms. The van der Waals surface area contributed by atoms with Gasteiger partial charge in [0.05, 0.1) is 11.4 Å². The summed E-state index contributed by atoms with van der Waals surface area (Å²) >= 11 is 17.6. The zero-order valence-electron chi connectivity index (χ0n) is 8.72. The van der Waals surface area contributed by atoms with Crippen LogP contribution in [0.15, 0.2) is 54.6 Å². The summed E-state index contributed by atoms with van der Waals surface area (Å²) in [6.45, 7) is 0. The van der Waals surface area contributed by atoms with Crippen LogP contribution in [0.1, 0.15) is 0 Å². The molecular formula is C12H9Cl3N2. The fourth-order valence-electron chi connectivity index (χ4n) is 1.50. The largest absolute Gasteiger partial charge is 0.246 e. The van der Waals surface area contributed by atoms with Crippen molar-refractivity contribution in [2.24, 2.45) is 0 Å². The third kappa shape index (κ3) is 3.05. The summed E-state index contributed by atoms with van der Waals surface area (Å²) in [6, 6.07) is 16.8. The van der Waals surface area contributed by atoms with Gasteiger partial charge in [0, 0.05) is 28.6 Å². The number of para-hydroxylation sites is 1. The molecule has 5 heteroatoms. The maximum absolute atomic E-state index is 5.95. The lowest BCUT2D eigenvalue weighted by atomic mass is 10.2. The van der Waals surface area contributed by atoms with Gasteiger partial charge in [-0.05, 0) is 34.4 Å². The molecule has 0 amide bonds. The topological polar surface area (TPSA) is 6.48 Å². The highest BCUT2D eigenvalue weighted by Gasteiger charge is 2.14. The number of hydrazine groups is 1. The molecule has 0 spiro atoms. The summed E-state index contributed by atoms with van der Waals surface area (Å²) in [7, 11) is 0. The molecule has 0 aliphatic heterocycles. The molecule has 0 bridgehead atoms. The number of hydrogen-bond donors (Lipinski definition) is 0. The molecule has 0 saturated heterocycles. The maximum Gasteiger partial charge on any atom is 0.0621 e. The van der Waals surface area contributed by atoms with Crippen molar-refractivity contribution < 1.29 is 0 Å². The van der Waals surface area contributed by atoms with E-state index < -0.39 is 0 Å². The van der Waals surface area contributed by atoms with Crippen molar-refractivity contribution in [2.75, 3.05) is 5.01 Å². The molecule has 0 saturated carbocycles. The quantitative estimate of drug-likeness (QED) is 0.579. The van der Waals surface area contributed by atoms with E-state index in [1.807, 2.05) is 42.5 Å². The van der Waals surface area contributed by atoms with Crippen LogP contribution < -0.4 is 5.01 Å². The fourth-order valence-corrected chi connectivity index (χ4v) is 2.03. The Morgan fingerprint density at radius 1 is 0.765 bits per heavy atom. The number of anilines is 2. The molecule has 0 N–H and O–H groups in total. The van der Waals surface area contributed by atoms with Crippen LogP contribution in [0.4, 0.5) is 11.4 Å². The van der Waals surface area contributed by atoms with Gasteiger partial charge in [0.25, 0.3) is 0 Å². The lowest BCUT2D eigenvalue weighted by molar-refractivity contribution is 0.723. The van der Waals surface area contributed by atoms with E-state index in [-0.39, 0.29) is 0 Å². The van der Waals surface area contributed by atoms with Gasteiger partial charge in [0.2, 0.25) is 0 Å². The third-order valence-electron chi connectivity index (χ3n) is 2.20. The Hall–Kier alpha value is -0.930. The molecule has 0 aliphatic carbocycles. The summed E-state index contributed by atoms with van der Waals surface area (Å²) in [5.74, 6) is 0. The van der Waals surface area contributed by atoms with Crippen LogP contribution in [0.5, 0.6) is 0 Å². The van der Waals surface area contributed by atoms with Gasteiger partial charge in [0.15, 0.2) is 0 Å². The van der Waals surface area contributed by atoms with Crippen LogP contribution in [0.2, 0.25) is 5.02 Å². The molecule has 0 radical (unpaired) electrons. The van der Waals surface area contributed by atoms with E-state index in [0.29, 0.717) is 5.02 Å². The molecule has 2 aromatic carbocycles. The smallest absolute Gasteiger partial charge is 0.0621 e. The van der Waals surface area contributed by atoms with Crippen LogP contribution in [0.25, 0.3) is 0 Å². The predicted octanol–water partition coefficient (Wildman–Crippen LogP) is 5.00. The minimum atomic E-state index is 0.624. The summed E-state index contributed by atoms with van der Waals surface area (Å²) in [6.07, 6.45) is 0. The van der Waals surface area contributed by atoms with Crippen molar-refractivity contribution >= 4 is 46.5 Å². The normalized spacial score (nSPS) is 10.6. The lowest BCUT2D eigenvalue weighted by Crippen LogP contribution is -2.24. The first-order valence-electron chi connectivity index (χ1n) is 4.91. The fraction of sp³-hybridized carbons (Fsp3) is 0. The van der Waals surface area contributed by atoms with Gasteiger partial charge in [-0.2, -0.15) is 0 Å². The number of nitrogens with zero attached hydrogens (tertiary/aromatic N) is 2. The molecule has 0 fully saturated rings. The van der Waals surface area contributed by atoms with Gasteiger partial charge in [0.1, 0.15) is 0 Å². The first-order valence-corrected chi connectivity index (χ1v) is 5.96. The van der Waals surface area contributed by atoms with E-state index in [9.17, 15) is 0 Å². The van der Waals surface area contributed by atoms with Gasteiger partial charge in [-0.1, -0.05) is 35.9 Å². The predicted molar refractivity (Wildman–Crippen MR) is 73.6 cm³/mol. The summed E-state index contributed by atoms with van der Waals surface area (Å²) in [5, 5.41) is 2.26. The number of benzene rings is 2. The van der Waals surface area contributed by atoms with Crippen molar-refractivity contribution in [1.29, 1.82) is 0 Å². The van der Waals surface area contributed by atoms with Crippen LogP contribution in [0, 0.1) is 0 Å². The standard InChI is InChI=1S/C12H9Cl3N2/c13-10-5-4-8-12(9-10)16(17(14)15)11-6-2-1-3-7-11/h1-9H. The van der Waals surface area contributed by atoms with E-state index in [4.69, 9.17) is 35.2 Å². The van der Waals surface area contributed by atoms with Crippen molar-refractivity contribution in [3.05, 3.63) is 59.6 Å².